The molecule has 0 spiro atoms. The van der Waals surface area contributed by atoms with Gasteiger partial charge in [0.1, 0.15) is 11.3 Å². The highest BCUT2D eigenvalue weighted by atomic mass is 32.2. The minimum absolute atomic E-state index is 0.189. The molecular weight excluding hydrogens is 328 g/mol. The number of hydrogen-bond donors (Lipinski definition) is 0. The Morgan fingerprint density at radius 2 is 2.30 bits per heavy atom. The van der Waals surface area contributed by atoms with E-state index in [9.17, 15) is 13.6 Å². The van der Waals surface area contributed by atoms with Gasteiger partial charge in [-0.25, -0.2) is 14.8 Å². The third kappa shape index (κ3) is 3.19. The SMILES string of the molecule is COC(=O)c1ccc2nc(SCc3nccn3C(F)F)oc2c1. The van der Waals surface area contributed by atoms with Crippen LogP contribution in [0.5, 0.6) is 0 Å². The summed E-state index contributed by atoms with van der Waals surface area (Å²) < 4.78 is 36.4. The molecule has 0 fully saturated rings. The minimum atomic E-state index is -2.64. The van der Waals surface area contributed by atoms with Crippen LogP contribution in [0.2, 0.25) is 0 Å². The number of thioether (sulfide) groups is 1. The second kappa shape index (κ2) is 6.37. The summed E-state index contributed by atoms with van der Waals surface area (Å²) in [5.41, 5.74) is 1.34. The molecular formula is C14H11F2N3O3S. The number of nitrogens with zero attached hydrogens (tertiary/aromatic N) is 3. The maximum Gasteiger partial charge on any atom is 0.337 e. The predicted octanol–water partition coefficient (Wildman–Crippen LogP) is 3.50. The number of hydrogen-bond acceptors (Lipinski definition) is 6. The van der Waals surface area contributed by atoms with Gasteiger partial charge in [0.25, 0.3) is 5.22 Å². The molecule has 9 heteroatoms. The van der Waals surface area contributed by atoms with Crippen LogP contribution in [0.3, 0.4) is 0 Å². The number of carbonyl (C=O) groups is 1. The van der Waals surface area contributed by atoms with Crippen molar-refractivity contribution in [2.24, 2.45) is 0 Å². The maximum absolute atomic E-state index is 12.7. The van der Waals surface area contributed by atoms with E-state index < -0.39 is 12.5 Å². The van der Waals surface area contributed by atoms with Crippen LogP contribution in [-0.4, -0.2) is 27.6 Å². The van der Waals surface area contributed by atoms with Crippen LogP contribution in [0, 0.1) is 0 Å². The van der Waals surface area contributed by atoms with Gasteiger partial charge in [-0.1, -0.05) is 11.8 Å². The summed E-state index contributed by atoms with van der Waals surface area (Å²) in [6, 6.07) is 4.74. The van der Waals surface area contributed by atoms with Crippen LogP contribution in [0.4, 0.5) is 8.78 Å². The van der Waals surface area contributed by atoms with Crippen molar-refractivity contribution in [3.8, 4) is 0 Å². The Bertz CT molecular complexity index is 847. The first-order valence-electron chi connectivity index (χ1n) is 6.50. The molecule has 6 nitrogen and oxygen atoms in total. The van der Waals surface area contributed by atoms with Crippen molar-refractivity contribution >= 4 is 28.8 Å². The van der Waals surface area contributed by atoms with E-state index in [1.54, 1.807) is 12.1 Å². The summed E-state index contributed by atoms with van der Waals surface area (Å²) in [4.78, 5) is 19.6. The minimum Gasteiger partial charge on any atom is -0.465 e. The van der Waals surface area contributed by atoms with Crippen molar-refractivity contribution in [2.75, 3.05) is 7.11 Å². The standard InChI is InChI=1S/C14H11F2N3O3S/c1-21-12(20)8-2-3-9-10(6-8)22-14(18-9)23-7-11-17-4-5-19(11)13(15)16/h2-6,13H,7H2,1H3. The van der Waals surface area contributed by atoms with Crippen molar-refractivity contribution in [1.82, 2.24) is 14.5 Å². The number of esters is 1. The summed E-state index contributed by atoms with van der Waals surface area (Å²) in [5, 5.41) is 0.311. The van der Waals surface area contributed by atoms with E-state index in [1.165, 1.54) is 25.6 Å². The summed E-state index contributed by atoms with van der Waals surface area (Å²) >= 11 is 1.14. The lowest BCUT2D eigenvalue weighted by molar-refractivity contribution is 0.0600. The van der Waals surface area contributed by atoms with Gasteiger partial charge in [-0.3, -0.25) is 4.57 Å². The molecule has 2 heterocycles. The number of fused-ring (bicyclic) bond motifs is 1. The van der Waals surface area contributed by atoms with Crippen molar-refractivity contribution in [2.45, 2.75) is 17.5 Å². The lowest BCUT2D eigenvalue weighted by Gasteiger charge is -2.04. The van der Waals surface area contributed by atoms with Gasteiger partial charge in [-0.15, -0.1) is 0 Å². The number of aromatic nitrogens is 3. The Hall–Kier alpha value is -2.42. The number of rotatable bonds is 5. The molecule has 120 valence electrons. The topological polar surface area (TPSA) is 70.2 Å². The number of methoxy groups -OCH3 is 1. The van der Waals surface area contributed by atoms with Crippen LogP contribution in [0.15, 0.2) is 40.2 Å². The van der Waals surface area contributed by atoms with Crippen LogP contribution >= 0.6 is 11.8 Å². The van der Waals surface area contributed by atoms with Gasteiger partial charge in [0.15, 0.2) is 5.58 Å². The number of oxazole rings is 1. The lowest BCUT2D eigenvalue weighted by atomic mass is 10.2. The van der Waals surface area contributed by atoms with E-state index in [1.807, 2.05) is 0 Å². The zero-order valence-electron chi connectivity index (χ0n) is 11.9. The van der Waals surface area contributed by atoms with Crippen LogP contribution in [-0.2, 0) is 10.5 Å². The lowest BCUT2D eigenvalue weighted by Crippen LogP contribution is -2.01. The third-order valence-corrected chi connectivity index (χ3v) is 3.90. The number of benzene rings is 1. The van der Waals surface area contributed by atoms with Gasteiger partial charge in [0.2, 0.25) is 0 Å². The van der Waals surface area contributed by atoms with Gasteiger partial charge in [-0.05, 0) is 18.2 Å². The van der Waals surface area contributed by atoms with Crippen molar-refractivity contribution in [3.63, 3.8) is 0 Å². The van der Waals surface area contributed by atoms with Crippen molar-refractivity contribution in [3.05, 3.63) is 42.0 Å². The van der Waals surface area contributed by atoms with E-state index in [2.05, 4.69) is 14.7 Å². The highest BCUT2D eigenvalue weighted by molar-refractivity contribution is 7.98. The van der Waals surface area contributed by atoms with Crippen LogP contribution < -0.4 is 0 Å². The Labute approximate surface area is 133 Å². The fourth-order valence-electron chi connectivity index (χ4n) is 1.97. The van der Waals surface area contributed by atoms with Gasteiger partial charge < -0.3 is 9.15 Å². The molecule has 0 bridgehead atoms. The quantitative estimate of drug-likeness (QED) is 0.523. The molecule has 1 aromatic carbocycles. The molecule has 0 saturated heterocycles. The smallest absolute Gasteiger partial charge is 0.337 e. The van der Waals surface area contributed by atoms with E-state index >= 15 is 0 Å². The van der Waals surface area contributed by atoms with E-state index in [0.717, 1.165) is 16.3 Å². The normalized spacial score (nSPS) is 11.3. The number of ether oxygens (including phenoxy) is 1. The molecule has 3 aromatic rings. The average Bonchev–Trinajstić information content (AvgIpc) is 3.17. The summed E-state index contributed by atoms with van der Waals surface area (Å²) in [6.45, 7) is -2.64. The Balaban J connectivity index is 1.78. The second-order valence-electron chi connectivity index (χ2n) is 4.47. The zero-order valence-corrected chi connectivity index (χ0v) is 12.7. The fourth-order valence-corrected chi connectivity index (χ4v) is 2.76. The molecule has 23 heavy (non-hydrogen) atoms. The molecule has 0 amide bonds. The van der Waals surface area contributed by atoms with Crippen molar-refractivity contribution < 1.29 is 22.7 Å². The van der Waals surface area contributed by atoms with Gasteiger partial charge in [0.05, 0.1) is 18.4 Å². The molecule has 0 saturated carbocycles. The molecule has 0 aliphatic heterocycles. The number of alkyl halides is 2. The van der Waals surface area contributed by atoms with Gasteiger partial charge in [-0.2, -0.15) is 8.78 Å². The molecule has 0 aliphatic carbocycles. The third-order valence-electron chi connectivity index (χ3n) is 3.07. The molecule has 0 N–H and O–H groups in total. The number of halogens is 2. The molecule has 2 aromatic heterocycles. The summed E-state index contributed by atoms with van der Waals surface area (Å²) in [5.74, 6) is -0.0624. The molecule has 3 rings (SSSR count). The molecule has 0 radical (unpaired) electrons. The van der Waals surface area contributed by atoms with Crippen LogP contribution in [0.25, 0.3) is 11.1 Å². The highest BCUT2D eigenvalue weighted by Crippen LogP contribution is 2.27. The monoisotopic (exact) mass is 339 g/mol. The van der Waals surface area contributed by atoms with Gasteiger partial charge in [0, 0.05) is 12.4 Å². The average molecular weight is 339 g/mol. The maximum atomic E-state index is 12.7. The molecule has 0 aliphatic rings. The Morgan fingerprint density at radius 3 is 3.04 bits per heavy atom. The first-order chi connectivity index (χ1) is 11.1. The fraction of sp³-hybridized carbons (Fsp3) is 0.214. The highest BCUT2D eigenvalue weighted by Gasteiger charge is 2.14. The Kier molecular flexibility index (Phi) is 4.28. The second-order valence-corrected chi connectivity index (χ2v) is 5.40. The molecule has 0 atom stereocenters. The predicted molar refractivity (Wildman–Crippen MR) is 78.4 cm³/mol. The van der Waals surface area contributed by atoms with Crippen LogP contribution in [0.1, 0.15) is 22.7 Å². The first kappa shape index (κ1) is 15.5. The van der Waals surface area contributed by atoms with E-state index in [0.29, 0.717) is 21.9 Å². The number of imidazole rings is 1. The van der Waals surface area contributed by atoms with E-state index in [-0.39, 0.29) is 11.6 Å². The first-order valence-corrected chi connectivity index (χ1v) is 7.48. The van der Waals surface area contributed by atoms with E-state index in [4.69, 9.17) is 4.42 Å². The zero-order chi connectivity index (χ0) is 16.4. The summed E-state index contributed by atoms with van der Waals surface area (Å²) in [7, 11) is 1.29. The Morgan fingerprint density at radius 1 is 1.48 bits per heavy atom. The van der Waals surface area contributed by atoms with Crippen molar-refractivity contribution in [1.29, 1.82) is 0 Å². The largest absolute Gasteiger partial charge is 0.465 e. The molecule has 0 unspecified atom stereocenters. The van der Waals surface area contributed by atoms with Gasteiger partial charge >= 0.3 is 12.5 Å². The number of carbonyl (C=O) groups excluding carboxylic acids is 1. The summed E-state index contributed by atoms with van der Waals surface area (Å²) in [6.07, 6.45) is 2.53.